The average molecular weight is 234 g/mol. The van der Waals surface area contributed by atoms with Gasteiger partial charge in [0.1, 0.15) is 6.04 Å². The number of anilines is 1. The standard InChI is InChI=1S/C12H14N2O3/c1-17-7-8-2-4-9(5-3-8)13-10-6-11(15)14-12(10)16/h2-5,10,13H,6-7H2,1H3,(H,14,15,16). The lowest BCUT2D eigenvalue weighted by Crippen LogP contribution is -2.29. The van der Waals surface area contributed by atoms with E-state index in [1.165, 1.54) is 0 Å². The van der Waals surface area contributed by atoms with Gasteiger partial charge in [0.05, 0.1) is 13.0 Å². The molecule has 0 spiro atoms. The van der Waals surface area contributed by atoms with Crippen LogP contribution < -0.4 is 10.6 Å². The molecule has 2 amide bonds. The number of hydrogen-bond donors (Lipinski definition) is 2. The van der Waals surface area contributed by atoms with Gasteiger partial charge in [0.15, 0.2) is 0 Å². The van der Waals surface area contributed by atoms with Crippen LogP contribution in [0.4, 0.5) is 5.69 Å². The molecule has 1 aliphatic heterocycles. The molecule has 2 rings (SSSR count). The Morgan fingerprint density at radius 1 is 1.35 bits per heavy atom. The van der Waals surface area contributed by atoms with Crippen LogP contribution in [0.15, 0.2) is 24.3 Å². The summed E-state index contributed by atoms with van der Waals surface area (Å²) in [7, 11) is 1.64. The van der Waals surface area contributed by atoms with Gasteiger partial charge in [-0.25, -0.2) is 0 Å². The van der Waals surface area contributed by atoms with Gasteiger partial charge in [-0.1, -0.05) is 12.1 Å². The molecule has 5 heteroatoms. The zero-order chi connectivity index (χ0) is 12.3. The van der Waals surface area contributed by atoms with Crippen molar-refractivity contribution in [3.8, 4) is 0 Å². The molecule has 1 aromatic carbocycles. The molecule has 2 N–H and O–H groups in total. The number of methoxy groups -OCH3 is 1. The summed E-state index contributed by atoms with van der Waals surface area (Å²) in [6, 6.07) is 7.10. The Morgan fingerprint density at radius 2 is 2.06 bits per heavy atom. The van der Waals surface area contributed by atoms with Crippen molar-refractivity contribution in [3.05, 3.63) is 29.8 Å². The first-order chi connectivity index (χ1) is 8.19. The molecule has 90 valence electrons. The van der Waals surface area contributed by atoms with Crippen molar-refractivity contribution >= 4 is 17.5 Å². The minimum absolute atomic E-state index is 0.193. The van der Waals surface area contributed by atoms with Gasteiger partial charge in [-0.15, -0.1) is 0 Å². The summed E-state index contributed by atoms with van der Waals surface area (Å²) in [5.74, 6) is -0.500. The minimum atomic E-state index is -0.462. The molecular formula is C12H14N2O3. The molecule has 0 radical (unpaired) electrons. The van der Waals surface area contributed by atoms with Crippen molar-refractivity contribution in [1.29, 1.82) is 0 Å². The number of amides is 2. The molecule has 0 aliphatic carbocycles. The van der Waals surface area contributed by atoms with Crippen LogP contribution >= 0.6 is 0 Å². The van der Waals surface area contributed by atoms with Gasteiger partial charge in [-0.2, -0.15) is 0 Å². The van der Waals surface area contributed by atoms with E-state index in [4.69, 9.17) is 4.74 Å². The zero-order valence-electron chi connectivity index (χ0n) is 9.53. The van der Waals surface area contributed by atoms with E-state index in [1.54, 1.807) is 7.11 Å². The third-order valence-corrected chi connectivity index (χ3v) is 2.57. The van der Waals surface area contributed by atoms with Gasteiger partial charge in [0, 0.05) is 12.8 Å². The van der Waals surface area contributed by atoms with Crippen LogP contribution in [0, 0.1) is 0 Å². The molecule has 0 aromatic heterocycles. The summed E-state index contributed by atoms with van der Waals surface area (Å²) in [6.07, 6.45) is 0.193. The first-order valence-electron chi connectivity index (χ1n) is 5.37. The van der Waals surface area contributed by atoms with Gasteiger partial charge < -0.3 is 10.1 Å². The van der Waals surface area contributed by atoms with Crippen LogP contribution in [0.1, 0.15) is 12.0 Å². The largest absolute Gasteiger partial charge is 0.380 e. The maximum absolute atomic E-state index is 11.3. The van der Waals surface area contributed by atoms with Crippen molar-refractivity contribution in [1.82, 2.24) is 5.32 Å². The molecule has 0 bridgehead atoms. The number of ether oxygens (including phenoxy) is 1. The van der Waals surface area contributed by atoms with Crippen LogP contribution in [0.2, 0.25) is 0 Å². The van der Waals surface area contributed by atoms with E-state index < -0.39 is 6.04 Å². The second-order valence-electron chi connectivity index (χ2n) is 3.94. The highest BCUT2D eigenvalue weighted by Gasteiger charge is 2.30. The Labute approximate surface area is 99.2 Å². The average Bonchev–Trinajstić information content (AvgIpc) is 2.61. The number of carbonyl (C=O) groups excluding carboxylic acids is 2. The fourth-order valence-corrected chi connectivity index (χ4v) is 1.74. The lowest BCUT2D eigenvalue weighted by atomic mass is 10.2. The third-order valence-electron chi connectivity index (χ3n) is 2.57. The van der Waals surface area contributed by atoms with Crippen molar-refractivity contribution in [2.45, 2.75) is 19.1 Å². The zero-order valence-corrected chi connectivity index (χ0v) is 9.53. The Hall–Kier alpha value is -1.88. The smallest absolute Gasteiger partial charge is 0.249 e. The molecule has 1 saturated heterocycles. The van der Waals surface area contributed by atoms with Crippen molar-refractivity contribution in [3.63, 3.8) is 0 Å². The second-order valence-corrected chi connectivity index (χ2v) is 3.94. The maximum Gasteiger partial charge on any atom is 0.249 e. The molecular weight excluding hydrogens is 220 g/mol. The molecule has 1 aliphatic rings. The topological polar surface area (TPSA) is 67.4 Å². The van der Waals surface area contributed by atoms with Crippen molar-refractivity contribution < 1.29 is 14.3 Å². The van der Waals surface area contributed by atoms with Crippen LogP contribution in [0.5, 0.6) is 0 Å². The number of hydrogen-bond acceptors (Lipinski definition) is 4. The Kier molecular flexibility index (Phi) is 3.39. The van der Waals surface area contributed by atoms with Gasteiger partial charge >= 0.3 is 0 Å². The van der Waals surface area contributed by atoms with E-state index in [1.807, 2.05) is 24.3 Å². The minimum Gasteiger partial charge on any atom is -0.380 e. The van der Waals surface area contributed by atoms with Crippen LogP contribution in [-0.4, -0.2) is 25.0 Å². The van der Waals surface area contributed by atoms with E-state index in [2.05, 4.69) is 10.6 Å². The van der Waals surface area contributed by atoms with Gasteiger partial charge in [0.2, 0.25) is 11.8 Å². The summed E-state index contributed by atoms with van der Waals surface area (Å²) in [4.78, 5) is 22.3. The monoisotopic (exact) mass is 234 g/mol. The molecule has 1 fully saturated rings. The Bertz CT molecular complexity index is 428. The highest BCUT2D eigenvalue weighted by atomic mass is 16.5. The lowest BCUT2D eigenvalue weighted by molar-refractivity contribution is -0.124. The highest BCUT2D eigenvalue weighted by Crippen LogP contribution is 2.14. The molecule has 0 saturated carbocycles. The number of rotatable bonds is 4. The third kappa shape index (κ3) is 2.82. The summed E-state index contributed by atoms with van der Waals surface area (Å²) in [5.41, 5.74) is 1.88. The lowest BCUT2D eigenvalue weighted by Gasteiger charge is -2.11. The van der Waals surface area contributed by atoms with Crippen LogP contribution in [-0.2, 0) is 20.9 Å². The second kappa shape index (κ2) is 4.97. The number of imide groups is 1. The first kappa shape index (κ1) is 11.6. The van der Waals surface area contributed by atoms with Gasteiger partial charge in [-0.05, 0) is 17.7 Å². The SMILES string of the molecule is COCc1ccc(NC2CC(=O)NC2=O)cc1. The quantitative estimate of drug-likeness (QED) is 0.751. The highest BCUT2D eigenvalue weighted by molar-refractivity contribution is 6.06. The summed E-state index contributed by atoms with van der Waals surface area (Å²) in [5, 5.41) is 5.28. The molecule has 1 atom stereocenters. The van der Waals surface area contributed by atoms with Crippen LogP contribution in [0.25, 0.3) is 0 Å². The molecule has 5 nitrogen and oxygen atoms in total. The Morgan fingerprint density at radius 3 is 2.59 bits per heavy atom. The number of carbonyl (C=O) groups is 2. The van der Waals surface area contributed by atoms with E-state index in [0.29, 0.717) is 6.61 Å². The number of benzene rings is 1. The molecule has 17 heavy (non-hydrogen) atoms. The fourth-order valence-electron chi connectivity index (χ4n) is 1.74. The van der Waals surface area contributed by atoms with E-state index in [-0.39, 0.29) is 18.2 Å². The van der Waals surface area contributed by atoms with E-state index in [9.17, 15) is 9.59 Å². The first-order valence-corrected chi connectivity index (χ1v) is 5.37. The predicted molar refractivity (Wildman–Crippen MR) is 62.3 cm³/mol. The summed E-state index contributed by atoms with van der Waals surface area (Å²) < 4.78 is 5.00. The van der Waals surface area contributed by atoms with Gasteiger partial charge in [0.25, 0.3) is 0 Å². The Balaban J connectivity index is 1.99. The number of nitrogens with one attached hydrogen (secondary N) is 2. The summed E-state index contributed by atoms with van der Waals surface area (Å²) >= 11 is 0. The molecule has 1 unspecified atom stereocenters. The molecule has 1 aromatic rings. The van der Waals surface area contributed by atoms with Gasteiger partial charge in [-0.3, -0.25) is 14.9 Å². The van der Waals surface area contributed by atoms with Crippen LogP contribution in [0.3, 0.4) is 0 Å². The van der Waals surface area contributed by atoms with Crippen molar-refractivity contribution in [2.75, 3.05) is 12.4 Å². The summed E-state index contributed by atoms with van der Waals surface area (Å²) in [6.45, 7) is 0.558. The van der Waals surface area contributed by atoms with E-state index >= 15 is 0 Å². The molecule has 1 heterocycles. The fraction of sp³-hybridized carbons (Fsp3) is 0.333. The van der Waals surface area contributed by atoms with E-state index in [0.717, 1.165) is 11.3 Å². The van der Waals surface area contributed by atoms with Crippen molar-refractivity contribution in [2.24, 2.45) is 0 Å². The normalized spacial score (nSPS) is 19.2. The maximum atomic E-state index is 11.3. The predicted octanol–water partition coefficient (Wildman–Crippen LogP) is 0.660.